The molecule has 1 aliphatic rings. The first-order valence-electron chi connectivity index (χ1n) is 9.07. The summed E-state index contributed by atoms with van der Waals surface area (Å²) >= 11 is 0. The van der Waals surface area contributed by atoms with Gasteiger partial charge in [0.15, 0.2) is 0 Å². The summed E-state index contributed by atoms with van der Waals surface area (Å²) in [5.74, 6) is 1.57. The summed E-state index contributed by atoms with van der Waals surface area (Å²) in [5.41, 5.74) is 5.98. The predicted octanol–water partition coefficient (Wildman–Crippen LogP) is 3.96. The molecule has 0 radical (unpaired) electrons. The van der Waals surface area contributed by atoms with Gasteiger partial charge in [0.05, 0.1) is 23.7 Å². The number of nitrogens with zero attached hydrogens (tertiary/aromatic N) is 4. The van der Waals surface area contributed by atoms with Crippen molar-refractivity contribution in [1.82, 2.24) is 19.4 Å². The quantitative estimate of drug-likeness (QED) is 0.588. The summed E-state index contributed by atoms with van der Waals surface area (Å²) in [5, 5.41) is 3.46. The van der Waals surface area contributed by atoms with Crippen LogP contribution in [-0.2, 0) is 0 Å². The van der Waals surface area contributed by atoms with Gasteiger partial charge in [-0.2, -0.15) is 0 Å². The van der Waals surface area contributed by atoms with Crippen molar-refractivity contribution in [3.05, 3.63) is 60.7 Å². The van der Waals surface area contributed by atoms with Gasteiger partial charge in [-0.25, -0.2) is 9.97 Å². The highest BCUT2D eigenvalue weighted by Gasteiger charge is 2.18. The van der Waals surface area contributed by atoms with Gasteiger partial charge in [-0.15, -0.1) is 0 Å². The van der Waals surface area contributed by atoms with E-state index in [0.717, 1.165) is 59.2 Å². The topological polar surface area (TPSA) is 64.3 Å². The van der Waals surface area contributed by atoms with E-state index in [0.29, 0.717) is 5.78 Å². The lowest BCUT2D eigenvalue weighted by Gasteiger charge is -2.11. The van der Waals surface area contributed by atoms with E-state index >= 15 is 0 Å². The molecule has 0 saturated heterocycles. The summed E-state index contributed by atoms with van der Waals surface area (Å²) in [4.78, 5) is 13.6. The molecule has 3 aromatic heterocycles. The molecule has 6 nitrogen and oxygen atoms in total. The molecule has 0 saturated carbocycles. The molecule has 134 valence electrons. The van der Waals surface area contributed by atoms with E-state index in [4.69, 9.17) is 9.72 Å². The fourth-order valence-electron chi connectivity index (χ4n) is 3.48. The maximum atomic E-state index is 5.83. The second kappa shape index (κ2) is 6.39. The number of pyridine rings is 1. The molecule has 0 fully saturated rings. The Balaban J connectivity index is 1.75. The van der Waals surface area contributed by atoms with E-state index in [9.17, 15) is 0 Å². The first kappa shape index (κ1) is 15.8. The van der Waals surface area contributed by atoms with Crippen LogP contribution in [0, 0.1) is 6.92 Å². The summed E-state index contributed by atoms with van der Waals surface area (Å²) in [6.07, 6.45) is 6.57. The number of aromatic nitrogens is 4. The van der Waals surface area contributed by atoms with Crippen LogP contribution in [-0.4, -0.2) is 32.5 Å². The zero-order chi connectivity index (χ0) is 18.2. The summed E-state index contributed by atoms with van der Waals surface area (Å²) < 4.78 is 7.87. The van der Waals surface area contributed by atoms with Crippen molar-refractivity contribution in [2.75, 3.05) is 18.5 Å². The predicted molar refractivity (Wildman–Crippen MR) is 105 cm³/mol. The van der Waals surface area contributed by atoms with Gasteiger partial charge in [-0.05, 0) is 49.7 Å². The molecule has 4 heterocycles. The molecule has 0 atom stereocenters. The van der Waals surface area contributed by atoms with Gasteiger partial charge in [0.25, 0.3) is 0 Å². The van der Waals surface area contributed by atoms with Crippen LogP contribution in [0.1, 0.15) is 12.1 Å². The van der Waals surface area contributed by atoms with E-state index in [2.05, 4.69) is 33.5 Å². The second-order valence-corrected chi connectivity index (χ2v) is 6.62. The number of aryl methyl sites for hydroxylation is 1. The van der Waals surface area contributed by atoms with Crippen molar-refractivity contribution in [1.29, 1.82) is 0 Å². The highest BCUT2D eigenvalue weighted by molar-refractivity contribution is 5.83. The Kier molecular flexibility index (Phi) is 3.74. The summed E-state index contributed by atoms with van der Waals surface area (Å²) in [6.45, 7) is 3.63. The number of anilines is 1. The maximum absolute atomic E-state index is 5.83. The zero-order valence-corrected chi connectivity index (χ0v) is 15.0. The van der Waals surface area contributed by atoms with Crippen LogP contribution in [0.25, 0.3) is 28.3 Å². The van der Waals surface area contributed by atoms with Crippen molar-refractivity contribution < 1.29 is 4.74 Å². The van der Waals surface area contributed by atoms with Gasteiger partial charge in [-0.1, -0.05) is 0 Å². The SMILES string of the molecule is Cc1cc(-c2nc3ncccn3c2-c2ccc3c(c2)NCCCO3)ccn1. The molecular weight excluding hydrogens is 338 g/mol. The van der Waals surface area contributed by atoms with E-state index < -0.39 is 0 Å². The van der Waals surface area contributed by atoms with Crippen molar-refractivity contribution in [3.63, 3.8) is 0 Å². The molecule has 6 heteroatoms. The lowest BCUT2D eigenvalue weighted by atomic mass is 10.0. The summed E-state index contributed by atoms with van der Waals surface area (Å²) in [6, 6.07) is 12.2. The number of hydrogen-bond acceptors (Lipinski definition) is 5. The van der Waals surface area contributed by atoms with E-state index in [1.807, 2.05) is 41.9 Å². The Labute approximate surface area is 156 Å². The first-order chi connectivity index (χ1) is 13.3. The average Bonchev–Trinajstić information content (AvgIpc) is 2.92. The molecule has 4 aromatic rings. The smallest absolute Gasteiger partial charge is 0.234 e. The van der Waals surface area contributed by atoms with Crippen molar-refractivity contribution in [2.24, 2.45) is 0 Å². The van der Waals surface area contributed by atoms with Crippen molar-refractivity contribution in [2.45, 2.75) is 13.3 Å². The lowest BCUT2D eigenvalue weighted by molar-refractivity contribution is 0.323. The van der Waals surface area contributed by atoms with Crippen LogP contribution < -0.4 is 10.1 Å². The molecule has 1 N–H and O–H groups in total. The Morgan fingerprint density at radius 2 is 2.04 bits per heavy atom. The highest BCUT2D eigenvalue weighted by Crippen LogP contribution is 2.37. The van der Waals surface area contributed by atoms with Gasteiger partial charge in [0, 0.05) is 42.0 Å². The standard InChI is InChI=1S/C21H19N5O/c1-14-12-15(6-9-22-14)19-20(26-10-2-7-24-21(26)25-19)16-4-5-18-17(13-16)23-8-3-11-27-18/h2,4-7,9-10,12-13,23H,3,8,11H2,1H3. The minimum atomic E-state index is 0.677. The van der Waals surface area contributed by atoms with Crippen LogP contribution in [0.3, 0.4) is 0 Å². The van der Waals surface area contributed by atoms with E-state index in [-0.39, 0.29) is 0 Å². The minimum absolute atomic E-state index is 0.677. The van der Waals surface area contributed by atoms with Crippen LogP contribution in [0.2, 0.25) is 0 Å². The van der Waals surface area contributed by atoms with Gasteiger partial charge in [0.2, 0.25) is 5.78 Å². The van der Waals surface area contributed by atoms with E-state index in [1.165, 1.54) is 0 Å². The molecule has 1 aromatic carbocycles. The number of imidazole rings is 1. The lowest BCUT2D eigenvalue weighted by Crippen LogP contribution is -2.00. The minimum Gasteiger partial charge on any atom is -0.491 e. The van der Waals surface area contributed by atoms with Crippen LogP contribution in [0.4, 0.5) is 5.69 Å². The Hall–Kier alpha value is -3.41. The van der Waals surface area contributed by atoms with Gasteiger partial charge < -0.3 is 10.1 Å². The molecule has 0 amide bonds. The molecule has 0 unspecified atom stereocenters. The average molecular weight is 357 g/mol. The zero-order valence-electron chi connectivity index (χ0n) is 15.0. The third-order valence-corrected chi connectivity index (χ3v) is 4.72. The normalized spacial score (nSPS) is 13.5. The number of hydrogen-bond donors (Lipinski definition) is 1. The van der Waals surface area contributed by atoms with Crippen LogP contribution >= 0.6 is 0 Å². The molecule has 0 bridgehead atoms. The Bertz CT molecular complexity index is 1130. The van der Waals surface area contributed by atoms with E-state index in [1.54, 1.807) is 6.20 Å². The monoisotopic (exact) mass is 357 g/mol. The molecule has 0 spiro atoms. The number of ether oxygens (including phenoxy) is 1. The molecule has 5 rings (SSSR count). The largest absolute Gasteiger partial charge is 0.491 e. The molecule has 1 aliphatic heterocycles. The van der Waals surface area contributed by atoms with Crippen molar-refractivity contribution >= 4 is 11.5 Å². The number of fused-ring (bicyclic) bond motifs is 2. The van der Waals surface area contributed by atoms with Gasteiger partial charge >= 0.3 is 0 Å². The maximum Gasteiger partial charge on any atom is 0.234 e. The number of nitrogens with one attached hydrogen (secondary N) is 1. The fourth-order valence-corrected chi connectivity index (χ4v) is 3.48. The first-order valence-corrected chi connectivity index (χ1v) is 9.07. The van der Waals surface area contributed by atoms with Crippen molar-refractivity contribution in [3.8, 4) is 28.3 Å². The van der Waals surface area contributed by atoms with Crippen LogP contribution in [0.15, 0.2) is 55.0 Å². The van der Waals surface area contributed by atoms with Gasteiger partial charge in [0.1, 0.15) is 5.75 Å². The number of rotatable bonds is 2. The Morgan fingerprint density at radius 1 is 1.07 bits per heavy atom. The Morgan fingerprint density at radius 3 is 2.96 bits per heavy atom. The highest BCUT2D eigenvalue weighted by atomic mass is 16.5. The van der Waals surface area contributed by atoms with Gasteiger partial charge in [-0.3, -0.25) is 9.38 Å². The molecule has 27 heavy (non-hydrogen) atoms. The van der Waals surface area contributed by atoms with Crippen LogP contribution in [0.5, 0.6) is 5.75 Å². The fraction of sp³-hybridized carbons (Fsp3) is 0.190. The molecular formula is C21H19N5O. The second-order valence-electron chi connectivity index (χ2n) is 6.62. The number of benzene rings is 1. The third kappa shape index (κ3) is 2.79. The third-order valence-electron chi connectivity index (χ3n) is 4.72. The molecule has 0 aliphatic carbocycles. The summed E-state index contributed by atoms with van der Waals surface area (Å²) in [7, 11) is 0.